The van der Waals surface area contributed by atoms with Crippen LogP contribution in [-0.4, -0.2) is 23.4 Å². The Morgan fingerprint density at radius 3 is 1.82 bits per heavy atom. The summed E-state index contributed by atoms with van der Waals surface area (Å²) >= 11 is 12.6. The number of halogens is 2. The van der Waals surface area contributed by atoms with E-state index in [9.17, 15) is 0 Å². The molecule has 0 fully saturated rings. The molecule has 0 aromatic heterocycles. The number of aryl methyl sites for hydroxylation is 2. The molecule has 7 rings (SSSR count). The van der Waals surface area contributed by atoms with Crippen molar-refractivity contribution >= 4 is 51.2 Å². The van der Waals surface area contributed by atoms with E-state index in [2.05, 4.69) is 186 Å². The second-order valence-electron chi connectivity index (χ2n) is 15.8. The Morgan fingerprint density at radius 1 is 0.684 bits per heavy atom. The number of fused-ring (bicyclic) bond motifs is 2. The fourth-order valence-electron chi connectivity index (χ4n) is 8.16. The van der Waals surface area contributed by atoms with E-state index in [1.807, 2.05) is 24.3 Å². The number of ether oxygens (including phenoxy) is 1. The molecule has 2 aliphatic rings. The predicted molar refractivity (Wildman–Crippen MR) is 243 cm³/mol. The lowest BCUT2D eigenvalue weighted by atomic mass is 9.81. The van der Waals surface area contributed by atoms with Crippen LogP contribution >= 0.6 is 23.2 Å². The molecule has 57 heavy (non-hydrogen) atoms. The second kappa shape index (κ2) is 16.6. The average Bonchev–Trinajstić information content (AvgIpc) is 3.53. The van der Waals surface area contributed by atoms with Gasteiger partial charge in [0.2, 0.25) is 5.69 Å². The van der Waals surface area contributed by atoms with Crippen LogP contribution < -0.4 is 9.64 Å². The van der Waals surface area contributed by atoms with Crippen molar-refractivity contribution in [2.75, 3.05) is 18.0 Å². The first kappa shape index (κ1) is 40.5. The number of hydrogen-bond acceptors (Lipinski definition) is 2. The summed E-state index contributed by atoms with van der Waals surface area (Å²) in [5.41, 5.74) is 10.0. The molecular formula is C51H52Cl2N2OS+2. The van der Waals surface area contributed by atoms with Gasteiger partial charge in [-0.25, -0.2) is 0 Å². The van der Waals surface area contributed by atoms with Gasteiger partial charge in [-0.1, -0.05) is 84.6 Å². The molecule has 0 saturated heterocycles. The van der Waals surface area contributed by atoms with Gasteiger partial charge in [-0.3, -0.25) is 0 Å². The lowest BCUT2D eigenvalue weighted by Gasteiger charge is -2.26. The number of benzene rings is 5. The minimum absolute atomic E-state index is 0.0892. The summed E-state index contributed by atoms with van der Waals surface area (Å²) in [6.45, 7) is 19.8. The fraction of sp³-hybridized carbons (Fsp3) is 0.235. The van der Waals surface area contributed by atoms with Crippen LogP contribution in [0.25, 0.3) is 0 Å². The van der Waals surface area contributed by atoms with Crippen molar-refractivity contribution in [3.8, 4) is 5.75 Å². The topological polar surface area (TPSA) is 15.5 Å². The van der Waals surface area contributed by atoms with E-state index in [-0.39, 0.29) is 21.7 Å². The molecule has 0 aliphatic carbocycles. The molecule has 0 bridgehead atoms. The maximum Gasteiger partial charge on any atom is 0.209 e. The number of rotatable bonds is 11. The SMILES string of the molecule is CCN1/C(=C/C(=C/C=C/C=C/C2=[N+](CC)c3ccc(C)cc3C2(C)C)Oc2ccc([S+](c3ccc(Cl)cc3)c3ccc(Cl)cc3)cc2)C(C)(C)c2cc(C)ccc21. The summed E-state index contributed by atoms with van der Waals surface area (Å²) in [5.74, 6) is 1.53. The molecule has 3 nitrogen and oxygen atoms in total. The van der Waals surface area contributed by atoms with Crippen LogP contribution in [-0.2, 0) is 21.7 Å². The number of nitrogens with zero attached hydrogens (tertiary/aromatic N) is 2. The van der Waals surface area contributed by atoms with E-state index in [0.717, 1.165) is 34.6 Å². The highest BCUT2D eigenvalue weighted by Crippen LogP contribution is 2.48. The van der Waals surface area contributed by atoms with E-state index >= 15 is 0 Å². The smallest absolute Gasteiger partial charge is 0.209 e. The molecule has 290 valence electrons. The first-order chi connectivity index (χ1) is 27.3. The largest absolute Gasteiger partial charge is 0.457 e. The van der Waals surface area contributed by atoms with E-state index in [1.165, 1.54) is 59.7 Å². The van der Waals surface area contributed by atoms with Gasteiger partial charge in [0.15, 0.2) is 20.4 Å². The molecular weight excluding hydrogens is 760 g/mol. The predicted octanol–water partition coefficient (Wildman–Crippen LogP) is 13.9. The van der Waals surface area contributed by atoms with Crippen LogP contribution in [0.2, 0.25) is 10.0 Å². The van der Waals surface area contributed by atoms with Gasteiger partial charge in [-0.05, 0) is 138 Å². The van der Waals surface area contributed by atoms with Crippen molar-refractivity contribution in [3.63, 3.8) is 0 Å². The molecule has 0 N–H and O–H groups in total. The number of likely N-dealkylation sites (N-methyl/N-ethyl adjacent to an activating group) is 1. The van der Waals surface area contributed by atoms with Gasteiger partial charge in [-0.2, -0.15) is 4.58 Å². The Bertz CT molecular complexity index is 2390. The first-order valence-electron chi connectivity index (χ1n) is 19.8. The van der Waals surface area contributed by atoms with Crippen LogP contribution in [0.1, 0.15) is 63.8 Å². The lowest BCUT2D eigenvalue weighted by Crippen LogP contribution is -2.27. The summed E-state index contributed by atoms with van der Waals surface area (Å²) in [6, 6.07) is 38.3. The van der Waals surface area contributed by atoms with Crippen molar-refractivity contribution in [1.82, 2.24) is 0 Å². The van der Waals surface area contributed by atoms with Crippen LogP contribution in [0, 0.1) is 13.8 Å². The third-order valence-corrected chi connectivity index (χ3v) is 13.9. The number of hydrogen-bond donors (Lipinski definition) is 0. The van der Waals surface area contributed by atoms with Crippen molar-refractivity contribution in [2.45, 2.75) is 80.9 Å². The summed E-state index contributed by atoms with van der Waals surface area (Å²) in [6.07, 6.45) is 12.9. The molecule has 5 aromatic carbocycles. The van der Waals surface area contributed by atoms with E-state index in [4.69, 9.17) is 27.9 Å². The summed E-state index contributed by atoms with van der Waals surface area (Å²) in [5, 5.41) is 1.44. The van der Waals surface area contributed by atoms with Crippen molar-refractivity contribution in [1.29, 1.82) is 0 Å². The Kier molecular flexibility index (Phi) is 11.8. The highest BCUT2D eigenvalue weighted by molar-refractivity contribution is 7.97. The minimum atomic E-state index is -0.359. The first-order valence-corrected chi connectivity index (χ1v) is 21.7. The van der Waals surface area contributed by atoms with Crippen LogP contribution in [0.15, 0.2) is 172 Å². The summed E-state index contributed by atoms with van der Waals surface area (Å²) in [7, 11) is -0.359. The normalized spacial score (nSPS) is 16.7. The summed E-state index contributed by atoms with van der Waals surface area (Å²) < 4.78 is 9.24. The van der Waals surface area contributed by atoms with Gasteiger partial charge in [0.1, 0.15) is 18.1 Å². The highest BCUT2D eigenvalue weighted by atomic mass is 35.5. The summed E-state index contributed by atoms with van der Waals surface area (Å²) in [4.78, 5) is 5.95. The quantitative estimate of drug-likeness (QED) is 0.0571. The van der Waals surface area contributed by atoms with Crippen molar-refractivity contribution in [3.05, 3.63) is 189 Å². The molecule has 5 aromatic rings. The van der Waals surface area contributed by atoms with E-state index in [0.29, 0.717) is 0 Å². The average molecular weight is 812 g/mol. The molecule has 2 heterocycles. The number of anilines is 1. The van der Waals surface area contributed by atoms with Gasteiger partial charge in [0.25, 0.3) is 0 Å². The third kappa shape index (κ3) is 8.19. The highest BCUT2D eigenvalue weighted by Gasteiger charge is 2.44. The van der Waals surface area contributed by atoms with Gasteiger partial charge in [0.05, 0.1) is 16.3 Å². The van der Waals surface area contributed by atoms with Gasteiger partial charge in [0, 0.05) is 57.2 Å². The second-order valence-corrected chi connectivity index (χ2v) is 18.7. The molecule has 0 amide bonds. The van der Waals surface area contributed by atoms with E-state index < -0.39 is 0 Å². The van der Waals surface area contributed by atoms with Gasteiger partial charge in [-0.15, -0.1) is 0 Å². The maximum atomic E-state index is 6.80. The Labute approximate surface area is 352 Å². The minimum Gasteiger partial charge on any atom is -0.457 e. The zero-order valence-electron chi connectivity index (χ0n) is 34.2. The Morgan fingerprint density at radius 2 is 1.25 bits per heavy atom. The van der Waals surface area contributed by atoms with E-state index in [1.54, 1.807) is 0 Å². The zero-order chi connectivity index (χ0) is 40.5. The zero-order valence-corrected chi connectivity index (χ0v) is 36.6. The standard InChI is InChI=1S/C51H52Cl2N2OS/c1-9-54-46-30-16-35(3)32-44(46)50(5,6)48(54)15-13-11-12-14-40(34-49-51(7,8)45-33-36(4)17-31-47(45)55(49)10-2)56-39-22-28-43(29-23-39)57(41-24-18-37(52)19-25-41)42-26-20-38(53)21-27-42/h11-34H,9-10H2,1-8H3/q+2. The molecule has 0 spiro atoms. The molecule has 0 radical (unpaired) electrons. The van der Waals surface area contributed by atoms with Crippen molar-refractivity contribution in [2.24, 2.45) is 0 Å². The molecule has 2 aliphatic heterocycles. The Hall–Kier alpha value is -4.74. The molecule has 0 unspecified atom stereocenters. The lowest BCUT2D eigenvalue weighted by molar-refractivity contribution is -0.433. The van der Waals surface area contributed by atoms with Crippen LogP contribution in [0.3, 0.4) is 0 Å². The molecule has 0 saturated carbocycles. The van der Waals surface area contributed by atoms with Crippen LogP contribution in [0.5, 0.6) is 5.75 Å². The van der Waals surface area contributed by atoms with Crippen LogP contribution in [0.4, 0.5) is 11.4 Å². The fourth-order valence-corrected chi connectivity index (χ4v) is 10.5. The third-order valence-electron chi connectivity index (χ3n) is 11.1. The molecule has 0 atom stereocenters. The maximum absolute atomic E-state index is 6.80. The van der Waals surface area contributed by atoms with Crippen molar-refractivity contribution < 1.29 is 9.31 Å². The number of allylic oxidation sites excluding steroid dienone is 7. The Balaban J connectivity index is 1.23. The van der Waals surface area contributed by atoms with Gasteiger partial charge >= 0.3 is 0 Å². The molecule has 6 heteroatoms. The monoisotopic (exact) mass is 810 g/mol. The van der Waals surface area contributed by atoms with Gasteiger partial charge < -0.3 is 9.64 Å².